The first-order valence-electron chi connectivity index (χ1n) is 5.60. The quantitative estimate of drug-likeness (QED) is 0.822. The minimum absolute atomic E-state index is 0.739. The lowest BCUT2D eigenvalue weighted by molar-refractivity contribution is 0.415. The van der Waals surface area contributed by atoms with Crippen LogP contribution in [-0.4, -0.2) is 13.7 Å². The molecule has 0 bridgehead atoms. The fraction of sp³-hybridized carbons (Fsp3) is 0.231. The Morgan fingerprint density at radius 2 is 2.17 bits per heavy atom. The van der Waals surface area contributed by atoms with E-state index in [9.17, 15) is 0 Å². The summed E-state index contributed by atoms with van der Waals surface area (Å²) >= 11 is 5.22. The highest BCUT2D eigenvalue weighted by Gasteiger charge is 2.02. The molecule has 0 radical (unpaired) electrons. The van der Waals surface area contributed by atoms with Gasteiger partial charge in [-0.25, -0.2) is 0 Å². The summed E-state index contributed by atoms with van der Waals surface area (Å²) in [6, 6.07) is 9.82. The van der Waals surface area contributed by atoms with Crippen molar-refractivity contribution < 1.29 is 4.74 Å². The van der Waals surface area contributed by atoms with Crippen LogP contribution in [0.3, 0.4) is 0 Å². The smallest absolute Gasteiger partial charge is 0.121 e. The highest BCUT2D eigenvalue weighted by molar-refractivity contribution is 9.11. The van der Waals surface area contributed by atoms with Crippen molar-refractivity contribution in [2.45, 2.75) is 6.42 Å². The number of anilines is 2. The van der Waals surface area contributed by atoms with Crippen molar-refractivity contribution in [2.75, 3.05) is 24.7 Å². The summed E-state index contributed by atoms with van der Waals surface area (Å²) < 4.78 is 6.34. The van der Waals surface area contributed by atoms with E-state index in [-0.39, 0.29) is 0 Å². The van der Waals surface area contributed by atoms with E-state index in [0.717, 1.165) is 30.1 Å². The summed E-state index contributed by atoms with van der Waals surface area (Å²) in [4.78, 5) is 1.34. The van der Waals surface area contributed by atoms with Gasteiger partial charge >= 0.3 is 0 Å². The largest absolute Gasteiger partial charge is 0.497 e. The average molecular weight is 327 g/mol. The zero-order valence-electron chi connectivity index (χ0n) is 10.1. The minimum atomic E-state index is 0.739. The second kappa shape index (κ2) is 6.11. The van der Waals surface area contributed by atoms with Crippen LogP contribution in [0, 0.1) is 0 Å². The van der Waals surface area contributed by atoms with Crippen LogP contribution < -0.4 is 15.8 Å². The molecule has 0 spiro atoms. The Morgan fingerprint density at radius 1 is 1.33 bits per heavy atom. The summed E-state index contributed by atoms with van der Waals surface area (Å²) in [6.45, 7) is 0.852. The van der Waals surface area contributed by atoms with Crippen LogP contribution in [-0.2, 0) is 6.42 Å². The Bertz CT molecular complexity index is 527. The maximum atomic E-state index is 5.90. The van der Waals surface area contributed by atoms with Crippen LogP contribution in [0.25, 0.3) is 0 Å². The Labute approximate surface area is 119 Å². The number of benzene rings is 1. The van der Waals surface area contributed by atoms with Gasteiger partial charge in [0.15, 0.2) is 0 Å². The molecule has 0 aliphatic rings. The molecule has 0 unspecified atom stereocenters. The SMILES string of the molecule is COc1ccc(N)c(NCCc2ccc(Br)s2)c1. The first kappa shape index (κ1) is 13.2. The number of ether oxygens (including phenoxy) is 1. The molecule has 5 heteroatoms. The molecule has 1 aromatic carbocycles. The molecule has 96 valence electrons. The number of hydrogen-bond donors (Lipinski definition) is 2. The highest BCUT2D eigenvalue weighted by atomic mass is 79.9. The number of hydrogen-bond acceptors (Lipinski definition) is 4. The first-order chi connectivity index (χ1) is 8.69. The van der Waals surface area contributed by atoms with E-state index in [0.29, 0.717) is 0 Å². The number of methoxy groups -OCH3 is 1. The molecule has 0 aliphatic heterocycles. The van der Waals surface area contributed by atoms with Gasteiger partial charge in [0, 0.05) is 17.5 Å². The molecule has 2 aromatic rings. The van der Waals surface area contributed by atoms with Gasteiger partial charge in [-0.2, -0.15) is 0 Å². The Kier molecular flexibility index (Phi) is 4.49. The maximum Gasteiger partial charge on any atom is 0.121 e. The molecular formula is C13H15BrN2OS. The highest BCUT2D eigenvalue weighted by Crippen LogP contribution is 2.25. The second-order valence-electron chi connectivity index (χ2n) is 3.84. The molecule has 1 heterocycles. The van der Waals surface area contributed by atoms with Gasteiger partial charge in [0.25, 0.3) is 0 Å². The van der Waals surface area contributed by atoms with Crippen LogP contribution in [0.15, 0.2) is 34.1 Å². The van der Waals surface area contributed by atoms with Crippen molar-refractivity contribution >= 4 is 38.6 Å². The van der Waals surface area contributed by atoms with Crippen molar-refractivity contribution in [2.24, 2.45) is 0 Å². The topological polar surface area (TPSA) is 47.3 Å². The van der Waals surface area contributed by atoms with Gasteiger partial charge in [0.1, 0.15) is 5.75 Å². The Morgan fingerprint density at radius 3 is 2.83 bits per heavy atom. The van der Waals surface area contributed by atoms with Crippen LogP contribution in [0.5, 0.6) is 5.75 Å². The van der Waals surface area contributed by atoms with E-state index in [1.54, 1.807) is 18.4 Å². The van der Waals surface area contributed by atoms with E-state index in [1.165, 1.54) is 8.66 Å². The van der Waals surface area contributed by atoms with E-state index in [1.807, 2.05) is 18.2 Å². The molecule has 0 saturated heterocycles. The molecule has 0 atom stereocenters. The standard InChI is InChI=1S/C13H15BrN2OS/c1-17-9-2-4-11(15)12(8-9)16-7-6-10-3-5-13(14)18-10/h2-5,8,16H,6-7,15H2,1H3. The Hall–Kier alpha value is -1.20. The van der Waals surface area contributed by atoms with Gasteiger partial charge in [0.05, 0.1) is 22.3 Å². The van der Waals surface area contributed by atoms with Crippen LogP contribution in [0.2, 0.25) is 0 Å². The summed E-state index contributed by atoms with van der Waals surface area (Å²) in [5.41, 5.74) is 7.57. The Balaban J connectivity index is 1.93. The lowest BCUT2D eigenvalue weighted by Gasteiger charge is -2.10. The number of nitrogen functional groups attached to an aromatic ring is 1. The van der Waals surface area contributed by atoms with Crippen molar-refractivity contribution in [1.82, 2.24) is 0 Å². The number of rotatable bonds is 5. The average Bonchev–Trinajstić information content (AvgIpc) is 2.77. The molecule has 2 rings (SSSR count). The zero-order valence-corrected chi connectivity index (χ0v) is 12.5. The first-order valence-corrected chi connectivity index (χ1v) is 7.21. The molecule has 0 saturated carbocycles. The van der Waals surface area contributed by atoms with Crippen LogP contribution in [0.4, 0.5) is 11.4 Å². The number of nitrogens with one attached hydrogen (secondary N) is 1. The number of halogens is 1. The maximum absolute atomic E-state index is 5.90. The lowest BCUT2D eigenvalue weighted by Crippen LogP contribution is -2.06. The van der Waals surface area contributed by atoms with Gasteiger partial charge in [-0.05, 0) is 46.6 Å². The van der Waals surface area contributed by atoms with Crippen LogP contribution in [0.1, 0.15) is 4.88 Å². The molecule has 18 heavy (non-hydrogen) atoms. The third-order valence-corrected chi connectivity index (χ3v) is 4.26. The predicted molar refractivity (Wildman–Crippen MR) is 81.6 cm³/mol. The van der Waals surface area contributed by atoms with Crippen molar-refractivity contribution in [3.05, 3.63) is 39.0 Å². The lowest BCUT2D eigenvalue weighted by atomic mass is 10.2. The van der Waals surface area contributed by atoms with Crippen LogP contribution >= 0.6 is 27.3 Å². The van der Waals surface area contributed by atoms with E-state index in [4.69, 9.17) is 10.5 Å². The van der Waals surface area contributed by atoms with Gasteiger partial charge in [0.2, 0.25) is 0 Å². The van der Waals surface area contributed by atoms with E-state index < -0.39 is 0 Å². The summed E-state index contributed by atoms with van der Waals surface area (Å²) in [5, 5.41) is 3.33. The summed E-state index contributed by atoms with van der Waals surface area (Å²) in [5.74, 6) is 0.811. The fourth-order valence-electron chi connectivity index (χ4n) is 1.62. The van der Waals surface area contributed by atoms with Gasteiger partial charge < -0.3 is 15.8 Å². The molecule has 1 aromatic heterocycles. The number of thiophene rings is 1. The zero-order chi connectivity index (χ0) is 13.0. The van der Waals surface area contributed by atoms with E-state index >= 15 is 0 Å². The monoisotopic (exact) mass is 326 g/mol. The molecule has 3 N–H and O–H groups in total. The normalized spacial score (nSPS) is 10.3. The van der Waals surface area contributed by atoms with Gasteiger partial charge in [-0.1, -0.05) is 0 Å². The van der Waals surface area contributed by atoms with E-state index in [2.05, 4.69) is 33.4 Å². The number of nitrogens with two attached hydrogens (primary N) is 1. The summed E-state index contributed by atoms with van der Waals surface area (Å²) in [6.07, 6.45) is 0.979. The molecule has 0 aliphatic carbocycles. The fourth-order valence-corrected chi connectivity index (χ4v) is 3.10. The second-order valence-corrected chi connectivity index (χ2v) is 6.38. The minimum Gasteiger partial charge on any atom is -0.497 e. The predicted octanol–water partition coefficient (Wildman–Crippen LogP) is 3.76. The molecule has 0 amide bonds. The van der Waals surface area contributed by atoms with Crippen molar-refractivity contribution in [3.8, 4) is 5.75 Å². The summed E-state index contributed by atoms with van der Waals surface area (Å²) in [7, 11) is 1.65. The van der Waals surface area contributed by atoms with Crippen molar-refractivity contribution in [1.29, 1.82) is 0 Å². The van der Waals surface area contributed by atoms with Gasteiger partial charge in [-0.3, -0.25) is 0 Å². The molecular weight excluding hydrogens is 312 g/mol. The van der Waals surface area contributed by atoms with Crippen molar-refractivity contribution in [3.63, 3.8) is 0 Å². The van der Waals surface area contributed by atoms with Gasteiger partial charge in [-0.15, -0.1) is 11.3 Å². The molecule has 3 nitrogen and oxygen atoms in total. The third-order valence-electron chi connectivity index (χ3n) is 2.58. The molecule has 0 fully saturated rings. The third kappa shape index (κ3) is 3.40.